The number of aldehydes is 1. The smallest absolute Gasteiger partial charge is 0.145 e. The third-order valence-electron chi connectivity index (χ3n) is 2.80. The number of hydrogen-bond acceptors (Lipinski definition) is 2. The molecule has 0 aliphatic carbocycles. The average Bonchev–Trinajstić information content (AvgIpc) is 2.29. The van der Waals surface area contributed by atoms with Gasteiger partial charge in [0.2, 0.25) is 0 Å². The Morgan fingerprint density at radius 3 is 2.81 bits per heavy atom. The van der Waals surface area contributed by atoms with Crippen molar-refractivity contribution in [2.75, 3.05) is 0 Å². The monoisotopic (exact) mass is 218 g/mol. The summed E-state index contributed by atoms with van der Waals surface area (Å²) < 4.78 is 0. The van der Waals surface area contributed by atoms with Crippen LogP contribution in [0.4, 0.5) is 0 Å². The number of rotatable bonds is 5. The Bertz CT molecular complexity index is 380. The molecule has 0 aromatic heterocycles. The van der Waals surface area contributed by atoms with Gasteiger partial charge in [0.05, 0.1) is 0 Å². The first-order valence-corrected chi connectivity index (χ1v) is 5.60. The van der Waals surface area contributed by atoms with Gasteiger partial charge in [-0.3, -0.25) is 4.79 Å². The van der Waals surface area contributed by atoms with Crippen molar-refractivity contribution in [2.45, 2.75) is 26.7 Å². The molecule has 1 unspecified atom stereocenters. The van der Waals surface area contributed by atoms with Crippen LogP contribution in [0.1, 0.15) is 25.8 Å². The van der Waals surface area contributed by atoms with E-state index in [-0.39, 0.29) is 5.75 Å². The molecule has 0 heterocycles. The number of allylic oxidation sites excluding steroid dienone is 2. The minimum absolute atomic E-state index is 0.266. The third-order valence-corrected chi connectivity index (χ3v) is 2.80. The van der Waals surface area contributed by atoms with Crippen LogP contribution in [-0.4, -0.2) is 11.4 Å². The average molecular weight is 218 g/mol. The van der Waals surface area contributed by atoms with Crippen LogP contribution in [0.2, 0.25) is 0 Å². The molecule has 1 aromatic carbocycles. The largest absolute Gasteiger partial charge is 0.508 e. The molecule has 0 aliphatic heterocycles. The SMILES string of the molecule is CCC(C)C(C=O)=CCc1cccc(O)c1. The fourth-order valence-electron chi connectivity index (χ4n) is 1.52. The maximum Gasteiger partial charge on any atom is 0.145 e. The lowest BCUT2D eigenvalue weighted by molar-refractivity contribution is -0.105. The summed E-state index contributed by atoms with van der Waals surface area (Å²) in [6.07, 6.45) is 4.52. The Hall–Kier alpha value is -1.57. The van der Waals surface area contributed by atoms with Crippen LogP contribution in [0.25, 0.3) is 0 Å². The Kier molecular flexibility index (Phi) is 4.77. The summed E-state index contributed by atoms with van der Waals surface area (Å²) in [5.41, 5.74) is 1.86. The van der Waals surface area contributed by atoms with Crippen LogP contribution >= 0.6 is 0 Å². The van der Waals surface area contributed by atoms with Crippen LogP contribution < -0.4 is 0 Å². The third kappa shape index (κ3) is 3.54. The zero-order valence-corrected chi connectivity index (χ0v) is 9.81. The van der Waals surface area contributed by atoms with E-state index in [1.54, 1.807) is 12.1 Å². The molecule has 1 aromatic rings. The molecule has 0 fully saturated rings. The molecule has 0 spiro atoms. The van der Waals surface area contributed by atoms with E-state index >= 15 is 0 Å². The summed E-state index contributed by atoms with van der Waals surface area (Å²) in [5.74, 6) is 0.567. The van der Waals surface area contributed by atoms with Gasteiger partial charge in [-0.15, -0.1) is 0 Å². The first-order valence-electron chi connectivity index (χ1n) is 5.60. The van der Waals surface area contributed by atoms with Crippen LogP contribution in [0.3, 0.4) is 0 Å². The predicted molar refractivity (Wildman–Crippen MR) is 65.4 cm³/mol. The molecule has 0 radical (unpaired) electrons. The molecule has 1 N–H and O–H groups in total. The first-order chi connectivity index (χ1) is 7.67. The highest BCUT2D eigenvalue weighted by Crippen LogP contribution is 2.15. The highest BCUT2D eigenvalue weighted by atomic mass is 16.3. The van der Waals surface area contributed by atoms with Gasteiger partial charge < -0.3 is 5.11 Å². The van der Waals surface area contributed by atoms with Gasteiger partial charge in [-0.05, 0) is 42.0 Å². The zero-order valence-electron chi connectivity index (χ0n) is 9.81. The molecule has 0 saturated carbocycles. The molecule has 86 valence electrons. The van der Waals surface area contributed by atoms with Gasteiger partial charge in [0.1, 0.15) is 12.0 Å². The van der Waals surface area contributed by atoms with E-state index in [0.717, 1.165) is 23.8 Å². The normalized spacial score (nSPS) is 13.5. The summed E-state index contributed by atoms with van der Waals surface area (Å²) in [4.78, 5) is 10.9. The lowest BCUT2D eigenvalue weighted by Gasteiger charge is -2.07. The van der Waals surface area contributed by atoms with Crippen LogP contribution in [0.5, 0.6) is 5.75 Å². The van der Waals surface area contributed by atoms with Crippen LogP contribution in [-0.2, 0) is 11.2 Å². The minimum atomic E-state index is 0.266. The highest BCUT2D eigenvalue weighted by Gasteiger charge is 2.04. The van der Waals surface area contributed by atoms with Crippen molar-refractivity contribution in [1.29, 1.82) is 0 Å². The second-order valence-electron chi connectivity index (χ2n) is 4.01. The molecular weight excluding hydrogens is 200 g/mol. The summed E-state index contributed by atoms with van der Waals surface area (Å²) in [5, 5.41) is 9.30. The second kappa shape index (κ2) is 6.11. The lowest BCUT2D eigenvalue weighted by Crippen LogP contribution is -1.99. The fraction of sp³-hybridized carbons (Fsp3) is 0.357. The van der Waals surface area contributed by atoms with Gasteiger partial charge in [-0.2, -0.15) is 0 Å². The molecule has 1 atom stereocenters. The standard InChI is InChI=1S/C14H18O2/c1-3-11(2)13(10-15)8-7-12-5-4-6-14(16)9-12/h4-6,8-11,16H,3,7H2,1-2H3. The van der Waals surface area contributed by atoms with E-state index in [4.69, 9.17) is 0 Å². The number of carbonyl (C=O) groups excluding carboxylic acids is 1. The molecule has 16 heavy (non-hydrogen) atoms. The Morgan fingerprint density at radius 1 is 1.50 bits per heavy atom. The van der Waals surface area contributed by atoms with Crippen LogP contribution in [0.15, 0.2) is 35.9 Å². The molecule has 0 aliphatic rings. The number of aromatic hydroxyl groups is 1. The van der Waals surface area contributed by atoms with Gasteiger partial charge in [0.15, 0.2) is 0 Å². The highest BCUT2D eigenvalue weighted by molar-refractivity contribution is 5.73. The lowest BCUT2D eigenvalue weighted by atomic mass is 9.97. The van der Waals surface area contributed by atoms with E-state index in [1.807, 2.05) is 25.1 Å². The van der Waals surface area contributed by atoms with E-state index < -0.39 is 0 Å². The van der Waals surface area contributed by atoms with E-state index in [0.29, 0.717) is 12.3 Å². The maximum absolute atomic E-state index is 10.9. The van der Waals surface area contributed by atoms with Crippen molar-refractivity contribution in [3.05, 3.63) is 41.5 Å². The van der Waals surface area contributed by atoms with E-state index in [2.05, 4.69) is 6.92 Å². The predicted octanol–water partition coefficient (Wildman–Crippen LogP) is 3.11. The summed E-state index contributed by atoms with van der Waals surface area (Å²) in [6, 6.07) is 7.11. The van der Waals surface area contributed by atoms with Crippen molar-refractivity contribution in [2.24, 2.45) is 5.92 Å². The molecule has 0 amide bonds. The summed E-state index contributed by atoms with van der Waals surface area (Å²) >= 11 is 0. The molecule has 0 bridgehead atoms. The van der Waals surface area contributed by atoms with Crippen molar-refractivity contribution < 1.29 is 9.90 Å². The zero-order chi connectivity index (χ0) is 12.0. The van der Waals surface area contributed by atoms with Gasteiger partial charge >= 0.3 is 0 Å². The molecule has 0 saturated heterocycles. The van der Waals surface area contributed by atoms with E-state index in [9.17, 15) is 9.90 Å². The number of carbonyl (C=O) groups is 1. The maximum atomic E-state index is 10.9. The van der Waals surface area contributed by atoms with Crippen molar-refractivity contribution in [3.63, 3.8) is 0 Å². The number of phenols is 1. The fourth-order valence-corrected chi connectivity index (χ4v) is 1.52. The van der Waals surface area contributed by atoms with Crippen molar-refractivity contribution >= 4 is 6.29 Å². The number of hydrogen-bond donors (Lipinski definition) is 1. The Balaban J connectivity index is 2.74. The van der Waals surface area contributed by atoms with Gasteiger partial charge in [0, 0.05) is 0 Å². The van der Waals surface area contributed by atoms with Gasteiger partial charge in [-0.25, -0.2) is 0 Å². The molecule has 2 nitrogen and oxygen atoms in total. The van der Waals surface area contributed by atoms with Crippen molar-refractivity contribution in [1.82, 2.24) is 0 Å². The molecular formula is C14H18O2. The first kappa shape index (κ1) is 12.5. The molecule has 1 rings (SSSR count). The van der Waals surface area contributed by atoms with Crippen molar-refractivity contribution in [3.8, 4) is 5.75 Å². The quantitative estimate of drug-likeness (QED) is 0.609. The number of benzene rings is 1. The summed E-state index contributed by atoms with van der Waals surface area (Å²) in [7, 11) is 0. The topological polar surface area (TPSA) is 37.3 Å². The Labute approximate surface area is 96.6 Å². The van der Waals surface area contributed by atoms with Crippen LogP contribution in [0, 0.1) is 5.92 Å². The summed E-state index contributed by atoms with van der Waals surface area (Å²) in [6.45, 7) is 4.11. The second-order valence-corrected chi connectivity index (χ2v) is 4.01. The van der Waals surface area contributed by atoms with E-state index in [1.165, 1.54) is 0 Å². The Morgan fingerprint density at radius 2 is 2.25 bits per heavy atom. The molecule has 2 heteroatoms. The van der Waals surface area contributed by atoms with Gasteiger partial charge in [-0.1, -0.05) is 32.1 Å². The number of phenolic OH excluding ortho intramolecular Hbond substituents is 1. The van der Waals surface area contributed by atoms with Gasteiger partial charge in [0.25, 0.3) is 0 Å². The minimum Gasteiger partial charge on any atom is -0.508 e.